The molecule has 3 aromatic rings. The third-order valence-corrected chi connectivity index (χ3v) is 8.54. The number of unbranched alkanes of at least 4 members (excludes halogenated alkanes) is 2. The average Bonchev–Trinajstić information content (AvgIpc) is 3.28. The van der Waals surface area contributed by atoms with Gasteiger partial charge in [-0.25, -0.2) is 0 Å². The van der Waals surface area contributed by atoms with Crippen molar-refractivity contribution in [2.24, 2.45) is 5.41 Å². The summed E-state index contributed by atoms with van der Waals surface area (Å²) in [5, 5.41) is 10.6. The molecule has 0 saturated carbocycles. The van der Waals surface area contributed by atoms with Crippen LogP contribution in [0.2, 0.25) is 6.32 Å². The minimum atomic E-state index is -0.129. The summed E-state index contributed by atoms with van der Waals surface area (Å²) in [7, 11) is 7.44. The van der Waals surface area contributed by atoms with Crippen LogP contribution in [-0.4, -0.2) is 39.8 Å². The van der Waals surface area contributed by atoms with E-state index >= 15 is 0 Å². The van der Waals surface area contributed by atoms with Crippen LogP contribution in [0.25, 0.3) is 11.1 Å². The first-order chi connectivity index (χ1) is 20.3. The Morgan fingerprint density at radius 2 is 1.79 bits per heavy atom. The van der Waals surface area contributed by atoms with Crippen molar-refractivity contribution in [3.05, 3.63) is 82.9 Å². The van der Waals surface area contributed by atoms with Gasteiger partial charge in [0.25, 0.3) is 0 Å². The van der Waals surface area contributed by atoms with E-state index in [0.29, 0.717) is 19.0 Å². The van der Waals surface area contributed by atoms with Gasteiger partial charge in [0.2, 0.25) is 0 Å². The Kier molecular flexibility index (Phi) is 11.1. The number of likely N-dealkylation sites (N-methyl/N-ethyl adjacent to an activating group) is 1. The smallest absolute Gasteiger partial charge is 0.116 e. The first kappa shape index (κ1) is 31.6. The van der Waals surface area contributed by atoms with Gasteiger partial charge in [-0.3, -0.25) is 0 Å². The molecular formula is C37H46BNO3. The van der Waals surface area contributed by atoms with Crippen LogP contribution in [0.1, 0.15) is 80.7 Å². The van der Waals surface area contributed by atoms with Gasteiger partial charge >= 0.3 is 0 Å². The Morgan fingerprint density at radius 1 is 0.976 bits per heavy atom. The predicted molar refractivity (Wildman–Crippen MR) is 175 cm³/mol. The van der Waals surface area contributed by atoms with E-state index in [0.717, 1.165) is 68.1 Å². The molecular weight excluding hydrogens is 517 g/mol. The SMILES string of the molecule is [B]CCCCCc1cc(O)cc(-c2ccc3c(c2)C(CC(C)(C)COC#C)C(c2ccccc2CCOC)N3CC)c1. The number of anilines is 1. The van der Waals surface area contributed by atoms with E-state index < -0.39 is 0 Å². The largest absolute Gasteiger partial charge is 0.508 e. The number of aryl methyl sites for hydroxylation is 1. The lowest BCUT2D eigenvalue weighted by Crippen LogP contribution is -2.30. The van der Waals surface area contributed by atoms with Crippen LogP contribution in [0.4, 0.5) is 5.69 Å². The molecule has 4 nitrogen and oxygen atoms in total. The molecule has 4 rings (SSSR count). The van der Waals surface area contributed by atoms with Gasteiger partial charge in [-0.2, -0.15) is 0 Å². The monoisotopic (exact) mass is 563 g/mol. The highest BCUT2D eigenvalue weighted by molar-refractivity contribution is 6.08. The molecule has 1 aliphatic heterocycles. The summed E-state index contributed by atoms with van der Waals surface area (Å²) in [6.45, 7) is 8.80. The molecule has 1 N–H and O–H groups in total. The van der Waals surface area contributed by atoms with Gasteiger partial charge in [0, 0.05) is 30.7 Å². The second kappa shape index (κ2) is 14.7. The standard InChI is InChI=1S/C37H46BNO3/c1-6-39-35-17-16-29(30-21-27(22-31(40)23-30)13-9-8-12-19-38)24-33(35)34(25-37(3,4)26-42-7-2)36(39)32-15-11-10-14-28(32)18-20-41-5/h2,10-11,14-17,21-24,34,36,40H,6,8-9,12-13,18-20,25-26H2,1,3-5H3. The van der Waals surface area contributed by atoms with Gasteiger partial charge in [-0.1, -0.05) is 75.8 Å². The summed E-state index contributed by atoms with van der Waals surface area (Å²) in [5.41, 5.74) is 8.49. The van der Waals surface area contributed by atoms with Crippen LogP contribution >= 0.6 is 0 Å². The molecule has 220 valence electrons. The van der Waals surface area contributed by atoms with Crippen LogP contribution in [0, 0.1) is 17.9 Å². The highest BCUT2D eigenvalue weighted by Gasteiger charge is 2.42. The first-order valence-electron chi connectivity index (χ1n) is 15.4. The summed E-state index contributed by atoms with van der Waals surface area (Å²) in [5.74, 6) is 0.541. The molecule has 2 unspecified atom stereocenters. The topological polar surface area (TPSA) is 41.9 Å². The number of rotatable bonds is 15. The fraction of sp³-hybridized carbons (Fsp3) is 0.459. The van der Waals surface area contributed by atoms with Gasteiger partial charge in [-0.05, 0) is 90.3 Å². The fourth-order valence-corrected chi connectivity index (χ4v) is 6.59. The second-order valence-corrected chi connectivity index (χ2v) is 12.3. The highest BCUT2D eigenvalue weighted by atomic mass is 16.5. The Morgan fingerprint density at radius 3 is 2.52 bits per heavy atom. The lowest BCUT2D eigenvalue weighted by Gasteiger charge is -2.35. The zero-order valence-corrected chi connectivity index (χ0v) is 25.9. The Labute approximate surface area is 254 Å². The van der Waals surface area contributed by atoms with Crippen LogP contribution in [-0.2, 0) is 22.3 Å². The van der Waals surface area contributed by atoms with E-state index in [-0.39, 0.29) is 17.4 Å². The molecule has 3 aromatic carbocycles. The molecule has 2 atom stereocenters. The van der Waals surface area contributed by atoms with Crippen LogP contribution in [0.3, 0.4) is 0 Å². The van der Waals surface area contributed by atoms with E-state index in [9.17, 15) is 5.11 Å². The number of ether oxygens (including phenoxy) is 2. The van der Waals surface area contributed by atoms with Crippen molar-refractivity contribution in [2.75, 3.05) is 31.8 Å². The van der Waals surface area contributed by atoms with Crippen LogP contribution in [0.5, 0.6) is 5.75 Å². The molecule has 0 bridgehead atoms. The fourth-order valence-electron chi connectivity index (χ4n) is 6.59. The van der Waals surface area contributed by atoms with Crippen molar-refractivity contribution >= 4 is 13.5 Å². The maximum Gasteiger partial charge on any atom is 0.116 e. The number of methoxy groups -OCH3 is 1. The van der Waals surface area contributed by atoms with Gasteiger partial charge < -0.3 is 19.5 Å². The summed E-state index contributed by atoms with van der Waals surface area (Å²) in [6.07, 6.45) is 14.5. The molecule has 0 amide bonds. The second-order valence-electron chi connectivity index (χ2n) is 12.3. The zero-order valence-electron chi connectivity index (χ0n) is 25.9. The maximum absolute atomic E-state index is 10.6. The maximum atomic E-state index is 10.6. The molecule has 42 heavy (non-hydrogen) atoms. The Bertz CT molecular complexity index is 1360. The number of benzene rings is 3. The minimum absolute atomic E-state index is 0.129. The van der Waals surface area contributed by atoms with Crippen molar-refractivity contribution in [1.82, 2.24) is 0 Å². The molecule has 2 radical (unpaired) electrons. The van der Waals surface area contributed by atoms with E-state index in [1.807, 2.05) is 12.1 Å². The van der Waals surface area contributed by atoms with E-state index in [4.69, 9.17) is 23.7 Å². The molecule has 0 spiro atoms. The van der Waals surface area contributed by atoms with Gasteiger partial charge in [0.05, 0.1) is 20.5 Å². The number of hydrogen-bond acceptors (Lipinski definition) is 4. The van der Waals surface area contributed by atoms with Crippen LogP contribution < -0.4 is 4.90 Å². The number of nitrogens with zero attached hydrogens (tertiary/aromatic N) is 1. The molecule has 1 aliphatic rings. The van der Waals surface area contributed by atoms with Crippen molar-refractivity contribution in [3.63, 3.8) is 0 Å². The van der Waals surface area contributed by atoms with Crippen molar-refractivity contribution in [2.45, 2.75) is 77.6 Å². The zero-order chi connectivity index (χ0) is 30.1. The summed E-state index contributed by atoms with van der Waals surface area (Å²) in [6, 6.07) is 21.8. The number of hydrogen-bond donors (Lipinski definition) is 1. The number of aromatic hydroxyl groups is 1. The first-order valence-corrected chi connectivity index (χ1v) is 15.4. The number of phenolic OH excluding ortho intramolecular Hbond substituents is 1. The van der Waals surface area contributed by atoms with Gasteiger partial charge in [0.1, 0.15) is 18.5 Å². The van der Waals surface area contributed by atoms with Gasteiger partial charge in [-0.15, -0.1) is 0 Å². The molecule has 0 fully saturated rings. The summed E-state index contributed by atoms with van der Waals surface area (Å²) in [4.78, 5) is 2.55. The molecule has 0 saturated heterocycles. The normalized spacial score (nSPS) is 16.3. The molecule has 0 aliphatic carbocycles. The minimum Gasteiger partial charge on any atom is -0.508 e. The van der Waals surface area contributed by atoms with Crippen molar-refractivity contribution in [3.8, 4) is 29.4 Å². The third kappa shape index (κ3) is 7.53. The third-order valence-electron chi connectivity index (χ3n) is 8.54. The van der Waals surface area contributed by atoms with Crippen molar-refractivity contribution < 1.29 is 14.6 Å². The Balaban J connectivity index is 1.78. The average molecular weight is 564 g/mol. The summed E-state index contributed by atoms with van der Waals surface area (Å²) >= 11 is 0. The van der Waals surface area contributed by atoms with E-state index in [1.165, 1.54) is 22.4 Å². The molecule has 1 heterocycles. The number of terminal acetylenes is 1. The Hall–Kier alpha value is -3.36. The van der Waals surface area contributed by atoms with Crippen LogP contribution in [0.15, 0.2) is 60.7 Å². The van der Waals surface area contributed by atoms with E-state index in [1.54, 1.807) is 7.11 Å². The van der Waals surface area contributed by atoms with Crippen molar-refractivity contribution in [1.29, 1.82) is 0 Å². The highest BCUT2D eigenvalue weighted by Crippen LogP contribution is 2.54. The molecule has 5 heteroatoms. The number of fused-ring (bicyclic) bond motifs is 1. The lowest BCUT2D eigenvalue weighted by atomic mass is 9.76. The lowest BCUT2D eigenvalue weighted by molar-refractivity contribution is 0.134. The summed E-state index contributed by atoms with van der Waals surface area (Å²) < 4.78 is 11.0. The number of phenols is 1. The predicted octanol–water partition coefficient (Wildman–Crippen LogP) is 8.24. The molecule has 0 aromatic heterocycles. The van der Waals surface area contributed by atoms with E-state index in [2.05, 4.69) is 80.3 Å². The quantitative estimate of drug-likeness (QED) is 0.115. The van der Waals surface area contributed by atoms with Gasteiger partial charge in [0.15, 0.2) is 0 Å².